The van der Waals surface area contributed by atoms with E-state index in [4.69, 9.17) is 11.1 Å². The average Bonchev–Trinajstić information content (AvgIpc) is 3.19. The molecule has 0 saturated carbocycles. The van der Waals surface area contributed by atoms with Crippen LogP contribution in [0.5, 0.6) is 0 Å². The highest BCUT2D eigenvalue weighted by atomic mass is 79.9. The fourth-order valence-electron chi connectivity index (χ4n) is 3.26. The number of amides is 1. The number of fused-ring (bicyclic) bond motifs is 1. The van der Waals surface area contributed by atoms with E-state index < -0.39 is 11.7 Å². The third-order valence-electron chi connectivity index (χ3n) is 4.76. The van der Waals surface area contributed by atoms with Crippen LogP contribution in [0.4, 0.5) is 21.7 Å². The Kier molecular flexibility index (Phi) is 6.05. The van der Waals surface area contributed by atoms with Crippen molar-refractivity contribution in [3.63, 3.8) is 0 Å². The van der Waals surface area contributed by atoms with E-state index in [-0.39, 0.29) is 29.0 Å². The topological polar surface area (TPSA) is 134 Å². The Labute approximate surface area is 196 Å². The van der Waals surface area contributed by atoms with Crippen molar-refractivity contribution in [2.24, 2.45) is 0 Å². The van der Waals surface area contributed by atoms with Crippen molar-refractivity contribution in [3.05, 3.63) is 76.2 Å². The SMILES string of the molecule is CC(C)Nc1ncnc(N)c1C(=N)c1ccn2c(C(=O)Nc3cc(Br)ccc3F)cnc2c1. The quantitative estimate of drug-likeness (QED) is 0.288. The number of hydrogen-bond donors (Lipinski definition) is 4. The molecule has 1 aromatic carbocycles. The number of pyridine rings is 1. The van der Waals surface area contributed by atoms with Crippen molar-refractivity contribution in [1.82, 2.24) is 19.4 Å². The summed E-state index contributed by atoms with van der Waals surface area (Å²) in [7, 11) is 0. The Balaban J connectivity index is 1.66. The number of rotatable bonds is 6. The van der Waals surface area contributed by atoms with Crippen LogP contribution in [-0.2, 0) is 0 Å². The molecule has 33 heavy (non-hydrogen) atoms. The first kappa shape index (κ1) is 22.3. The molecule has 0 unspecified atom stereocenters. The lowest BCUT2D eigenvalue weighted by atomic mass is 10.0. The molecule has 0 bridgehead atoms. The molecule has 3 heterocycles. The van der Waals surface area contributed by atoms with Gasteiger partial charge < -0.3 is 16.4 Å². The van der Waals surface area contributed by atoms with Crippen molar-refractivity contribution in [1.29, 1.82) is 5.41 Å². The maximum Gasteiger partial charge on any atom is 0.274 e. The Morgan fingerprint density at radius 2 is 2.00 bits per heavy atom. The van der Waals surface area contributed by atoms with E-state index in [0.29, 0.717) is 27.1 Å². The van der Waals surface area contributed by atoms with Gasteiger partial charge in [-0.1, -0.05) is 15.9 Å². The van der Waals surface area contributed by atoms with Gasteiger partial charge in [0.1, 0.15) is 35.1 Å². The number of carbonyl (C=O) groups excluding carboxylic acids is 1. The number of nitrogens with zero attached hydrogens (tertiary/aromatic N) is 4. The minimum atomic E-state index is -0.551. The fraction of sp³-hybridized carbons (Fsp3) is 0.136. The van der Waals surface area contributed by atoms with Crippen LogP contribution in [0.3, 0.4) is 0 Å². The van der Waals surface area contributed by atoms with Crippen LogP contribution in [0.25, 0.3) is 5.65 Å². The van der Waals surface area contributed by atoms with Crippen molar-refractivity contribution >= 4 is 50.5 Å². The molecule has 5 N–H and O–H groups in total. The van der Waals surface area contributed by atoms with Gasteiger partial charge in [0.15, 0.2) is 0 Å². The van der Waals surface area contributed by atoms with Crippen molar-refractivity contribution in [2.75, 3.05) is 16.4 Å². The first-order valence-corrected chi connectivity index (χ1v) is 10.7. The van der Waals surface area contributed by atoms with Crippen LogP contribution >= 0.6 is 15.9 Å². The Hall–Kier alpha value is -3.86. The number of nitrogen functional groups attached to an aromatic ring is 1. The summed E-state index contributed by atoms with van der Waals surface area (Å²) in [6.07, 6.45) is 4.35. The lowest BCUT2D eigenvalue weighted by Crippen LogP contribution is -2.18. The van der Waals surface area contributed by atoms with Crippen LogP contribution in [0.2, 0.25) is 0 Å². The molecule has 11 heteroatoms. The van der Waals surface area contributed by atoms with Gasteiger partial charge in [-0.2, -0.15) is 0 Å². The van der Waals surface area contributed by atoms with Gasteiger partial charge in [0.05, 0.1) is 23.2 Å². The molecule has 0 spiro atoms. The van der Waals surface area contributed by atoms with Crippen LogP contribution in [0.15, 0.2) is 53.5 Å². The molecule has 1 amide bonds. The van der Waals surface area contributed by atoms with E-state index in [0.717, 1.165) is 0 Å². The van der Waals surface area contributed by atoms with E-state index >= 15 is 0 Å². The van der Waals surface area contributed by atoms with Crippen LogP contribution in [-0.4, -0.2) is 37.0 Å². The lowest BCUT2D eigenvalue weighted by molar-refractivity contribution is 0.102. The number of hydrogen-bond acceptors (Lipinski definition) is 7. The standard InChI is InChI=1S/C22H20BrFN8O/c1-11(2)30-21-18(20(26)28-10-29-21)19(25)12-5-6-32-16(9-27-17(32)7-12)22(33)31-15-8-13(23)3-4-14(15)24/h3-11,25H,1-2H3,(H,31,33)(H3,26,28,29,30). The van der Waals surface area contributed by atoms with Crippen molar-refractivity contribution < 1.29 is 9.18 Å². The maximum atomic E-state index is 14.0. The van der Waals surface area contributed by atoms with E-state index in [1.807, 2.05) is 13.8 Å². The molecular weight excluding hydrogens is 491 g/mol. The molecule has 0 saturated heterocycles. The minimum Gasteiger partial charge on any atom is -0.383 e. The molecule has 0 radical (unpaired) electrons. The first-order chi connectivity index (χ1) is 15.7. The second-order valence-corrected chi connectivity index (χ2v) is 8.44. The van der Waals surface area contributed by atoms with E-state index in [1.54, 1.807) is 28.8 Å². The third kappa shape index (κ3) is 4.53. The molecule has 0 atom stereocenters. The molecule has 0 aliphatic rings. The molecule has 4 rings (SSSR count). The summed E-state index contributed by atoms with van der Waals surface area (Å²) in [4.78, 5) is 25.3. The number of aromatic nitrogens is 4. The highest BCUT2D eigenvalue weighted by Crippen LogP contribution is 2.24. The summed E-state index contributed by atoms with van der Waals surface area (Å²) in [6.45, 7) is 3.91. The number of nitrogens with one attached hydrogen (secondary N) is 3. The maximum absolute atomic E-state index is 14.0. The smallest absolute Gasteiger partial charge is 0.274 e. The summed E-state index contributed by atoms with van der Waals surface area (Å²) in [5.41, 5.74) is 7.76. The van der Waals surface area contributed by atoms with Crippen molar-refractivity contribution in [2.45, 2.75) is 19.9 Å². The van der Waals surface area contributed by atoms with Gasteiger partial charge in [-0.25, -0.2) is 19.3 Å². The predicted octanol–water partition coefficient (Wildman–Crippen LogP) is 4.10. The largest absolute Gasteiger partial charge is 0.383 e. The normalized spacial score (nSPS) is 11.1. The van der Waals surface area contributed by atoms with Crippen LogP contribution in [0.1, 0.15) is 35.5 Å². The van der Waals surface area contributed by atoms with Gasteiger partial charge in [0.2, 0.25) is 0 Å². The van der Waals surface area contributed by atoms with Crippen LogP contribution < -0.4 is 16.4 Å². The van der Waals surface area contributed by atoms with E-state index in [1.165, 1.54) is 24.7 Å². The molecule has 0 aliphatic carbocycles. The highest BCUT2D eigenvalue weighted by molar-refractivity contribution is 9.10. The summed E-state index contributed by atoms with van der Waals surface area (Å²) in [5.74, 6) is -0.435. The second-order valence-electron chi connectivity index (χ2n) is 7.52. The first-order valence-electron chi connectivity index (χ1n) is 9.94. The van der Waals surface area contributed by atoms with Gasteiger partial charge in [-0.3, -0.25) is 14.6 Å². The molecule has 0 fully saturated rings. The zero-order valence-corrected chi connectivity index (χ0v) is 19.3. The van der Waals surface area contributed by atoms with Crippen LogP contribution in [0, 0.1) is 11.2 Å². The van der Waals surface area contributed by atoms with Gasteiger partial charge in [-0.05, 0) is 44.2 Å². The summed E-state index contributed by atoms with van der Waals surface area (Å²) >= 11 is 3.26. The molecule has 3 aromatic heterocycles. The summed E-state index contributed by atoms with van der Waals surface area (Å²) < 4.78 is 16.2. The number of imidazole rings is 1. The predicted molar refractivity (Wildman–Crippen MR) is 128 cm³/mol. The average molecular weight is 511 g/mol. The van der Waals surface area contributed by atoms with E-state index in [2.05, 4.69) is 41.5 Å². The Morgan fingerprint density at radius 3 is 2.76 bits per heavy atom. The van der Waals surface area contributed by atoms with Gasteiger partial charge in [-0.15, -0.1) is 0 Å². The third-order valence-corrected chi connectivity index (χ3v) is 5.26. The molecular formula is C22H20BrFN8O. The molecule has 168 valence electrons. The molecule has 0 aliphatic heterocycles. The zero-order chi connectivity index (χ0) is 23.7. The van der Waals surface area contributed by atoms with Gasteiger partial charge >= 0.3 is 0 Å². The number of carbonyl (C=O) groups is 1. The number of anilines is 3. The van der Waals surface area contributed by atoms with E-state index in [9.17, 15) is 9.18 Å². The monoisotopic (exact) mass is 510 g/mol. The Morgan fingerprint density at radius 1 is 1.21 bits per heavy atom. The number of benzene rings is 1. The lowest BCUT2D eigenvalue weighted by Gasteiger charge is -2.15. The Bertz CT molecular complexity index is 1380. The minimum absolute atomic E-state index is 0.0486. The number of nitrogens with two attached hydrogens (primary N) is 1. The summed E-state index contributed by atoms with van der Waals surface area (Å²) in [5, 5.41) is 14.4. The highest BCUT2D eigenvalue weighted by Gasteiger charge is 2.19. The fourth-order valence-corrected chi connectivity index (χ4v) is 3.62. The zero-order valence-electron chi connectivity index (χ0n) is 17.7. The van der Waals surface area contributed by atoms with Crippen molar-refractivity contribution in [3.8, 4) is 0 Å². The van der Waals surface area contributed by atoms with Gasteiger partial charge in [0, 0.05) is 22.3 Å². The van der Waals surface area contributed by atoms with Gasteiger partial charge in [0.25, 0.3) is 5.91 Å². The number of halogens is 2. The molecule has 4 aromatic rings. The summed E-state index contributed by atoms with van der Waals surface area (Å²) in [6, 6.07) is 7.68. The second kappa shape index (κ2) is 8.94. The molecule has 9 nitrogen and oxygen atoms in total.